The number of benzene rings is 1. The van der Waals surface area contributed by atoms with Crippen LogP contribution in [0.15, 0.2) is 35.6 Å². The Balaban J connectivity index is 1.68. The molecular formula is C19H20ClN5O3S. The van der Waals surface area contributed by atoms with Crippen LogP contribution in [-0.2, 0) is 4.79 Å². The Morgan fingerprint density at radius 3 is 2.55 bits per heavy atom. The molecule has 152 valence electrons. The van der Waals surface area contributed by atoms with E-state index in [2.05, 4.69) is 20.4 Å². The number of hydrogen-bond acceptors (Lipinski definition) is 7. The second-order valence-electron chi connectivity index (χ2n) is 6.08. The largest absolute Gasteiger partial charge is 0.495 e. The first-order chi connectivity index (χ1) is 13.9. The number of carbonyl (C=O) groups is 1. The molecule has 0 saturated carbocycles. The standard InChI is InChI=1S/C19H20ClN5O3S/c1-11-5-12(2)25(24-11)17-8-19(22-10-21-17)29-9-18(26)23-14-6-13(20)15(27-3)7-16(14)28-4/h5-8,10H,9H2,1-4H3,(H,23,26). The fourth-order valence-corrected chi connectivity index (χ4v) is 3.57. The number of anilines is 1. The second kappa shape index (κ2) is 9.15. The Hall–Kier alpha value is -2.78. The highest BCUT2D eigenvalue weighted by molar-refractivity contribution is 7.99. The number of aromatic nitrogens is 4. The summed E-state index contributed by atoms with van der Waals surface area (Å²) in [5, 5.41) is 8.25. The van der Waals surface area contributed by atoms with Gasteiger partial charge in [0.2, 0.25) is 5.91 Å². The van der Waals surface area contributed by atoms with Gasteiger partial charge in [0.05, 0.1) is 36.4 Å². The maximum absolute atomic E-state index is 12.4. The lowest BCUT2D eigenvalue weighted by molar-refractivity contribution is -0.113. The molecule has 0 unspecified atom stereocenters. The molecule has 29 heavy (non-hydrogen) atoms. The number of methoxy groups -OCH3 is 2. The zero-order valence-electron chi connectivity index (χ0n) is 16.4. The third-order valence-corrected chi connectivity index (χ3v) is 5.17. The summed E-state index contributed by atoms with van der Waals surface area (Å²) in [5.74, 6) is 1.50. The summed E-state index contributed by atoms with van der Waals surface area (Å²) in [5.41, 5.74) is 2.34. The van der Waals surface area contributed by atoms with E-state index in [0.717, 1.165) is 11.4 Å². The SMILES string of the molecule is COc1cc(OC)c(NC(=O)CSc2cc(-n3nc(C)cc3C)ncn2)cc1Cl. The maximum Gasteiger partial charge on any atom is 0.234 e. The van der Waals surface area contributed by atoms with Crippen LogP contribution in [0, 0.1) is 13.8 Å². The zero-order chi connectivity index (χ0) is 21.0. The van der Waals surface area contributed by atoms with Gasteiger partial charge in [-0.25, -0.2) is 14.6 Å². The average Bonchev–Trinajstić information content (AvgIpc) is 3.05. The van der Waals surface area contributed by atoms with Crippen LogP contribution >= 0.6 is 23.4 Å². The Labute approximate surface area is 177 Å². The molecule has 0 aliphatic carbocycles. The minimum atomic E-state index is -0.221. The number of halogens is 1. The van der Waals surface area contributed by atoms with Gasteiger partial charge >= 0.3 is 0 Å². The van der Waals surface area contributed by atoms with Gasteiger partial charge < -0.3 is 14.8 Å². The lowest BCUT2D eigenvalue weighted by Gasteiger charge is -2.13. The van der Waals surface area contributed by atoms with Crippen LogP contribution in [0.4, 0.5) is 5.69 Å². The molecule has 0 bridgehead atoms. The van der Waals surface area contributed by atoms with Gasteiger partial charge in [0.1, 0.15) is 22.9 Å². The van der Waals surface area contributed by atoms with Crippen molar-refractivity contribution in [2.75, 3.05) is 25.3 Å². The summed E-state index contributed by atoms with van der Waals surface area (Å²) < 4.78 is 12.2. The fourth-order valence-electron chi connectivity index (χ4n) is 2.67. The van der Waals surface area contributed by atoms with Gasteiger partial charge in [0, 0.05) is 17.8 Å². The van der Waals surface area contributed by atoms with Crippen LogP contribution in [0.5, 0.6) is 11.5 Å². The number of thioether (sulfide) groups is 1. The lowest BCUT2D eigenvalue weighted by Crippen LogP contribution is -2.15. The van der Waals surface area contributed by atoms with Crippen molar-refractivity contribution in [1.29, 1.82) is 0 Å². The molecule has 1 amide bonds. The summed E-state index contributed by atoms with van der Waals surface area (Å²) in [4.78, 5) is 20.9. The molecule has 0 aliphatic rings. The van der Waals surface area contributed by atoms with E-state index in [1.54, 1.807) is 22.9 Å². The first-order valence-corrected chi connectivity index (χ1v) is 9.97. The number of hydrogen-bond donors (Lipinski definition) is 1. The van der Waals surface area contributed by atoms with Gasteiger partial charge in [-0.15, -0.1) is 0 Å². The van der Waals surface area contributed by atoms with Gasteiger partial charge in [-0.1, -0.05) is 23.4 Å². The molecule has 3 rings (SSSR count). The van der Waals surface area contributed by atoms with E-state index in [9.17, 15) is 4.79 Å². The Bertz CT molecular complexity index is 1040. The molecule has 8 nitrogen and oxygen atoms in total. The highest BCUT2D eigenvalue weighted by Crippen LogP contribution is 2.36. The summed E-state index contributed by atoms with van der Waals surface area (Å²) in [6.07, 6.45) is 1.46. The number of nitrogens with one attached hydrogen (secondary N) is 1. The van der Waals surface area contributed by atoms with E-state index in [4.69, 9.17) is 21.1 Å². The number of aryl methyl sites for hydroxylation is 2. The van der Waals surface area contributed by atoms with Crippen molar-refractivity contribution in [2.24, 2.45) is 0 Å². The number of ether oxygens (including phenoxy) is 2. The number of nitrogens with zero attached hydrogens (tertiary/aromatic N) is 4. The summed E-state index contributed by atoms with van der Waals surface area (Å²) in [7, 11) is 3.02. The minimum absolute atomic E-state index is 0.153. The molecule has 0 spiro atoms. The van der Waals surface area contributed by atoms with Crippen LogP contribution < -0.4 is 14.8 Å². The molecule has 2 heterocycles. The highest BCUT2D eigenvalue weighted by atomic mass is 35.5. The third kappa shape index (κ3) is 4.99. The van der Waals surface area contributed by atoms with Crippen molar-refractivity contribution in [3.05, 3.63) is 47.0 Å². The number of amides is 1. The molecule has 3 aromatic rings. The smallest absolute Gasteiger partial charge is 0.234 e. The van der Waals surface area contributed by atoms with Crippen LogP contribution in [0.25, 0.3) is 5.82 Å². The van der Waals surface area contributed by atoms with E-state index in [0.29, 0.717) is 33.1 Å². The maximum atomic E-state index is 12.4. The summed E-state index contributed by atoms with van der Waals surface area (Å²) in [6, 6.07) is 6.97. The molecular weight excluding hydrogens is 414 g/mol. The molecule has 0 atom stereocenters. The Kier molecular flexibility index (Phi) is 6.60. The fraction of sp³-hybridized carbons (Fsp3) is 0.263. The van der Waals surface area contributed by atoms with Gasteiger partial charge in [0.25, 0.3) is 0 Å². The Morgan fingerprint density at radius 1 is 1.14 bits per heavy atom. The van der Waals surface area contributed by atoms with Crippen LogP contribution in [0.3, 0.4) is 0 Å². The van der Waals surface area contributed by atoms with Crippen LogP contribution in [0.2, 0.25) is 5.02 Å². The lowest BCUT2D eigenvalue weighted by atomic mass is 10.2. The number of carbonyl (C=O) groups excluding carboxylic acids is 1. The molecule has 0 aliphatic heterocycles. The summed E-state index contributed by atoms with van der Waals surface area (Å²) in [6.45, 7) is 3.88. The van der Waals surface area contributed by atoms with E-state index >= 15 is 0 Å². The molecule has 1 N–H and O–H groups in total. The van der Waals surface area contributed by atoms with Gasteiger partial charge in [-0.05, 0) is 26.0 Å². The third-order valence-electron chi connectivity index (χ3n) is 3.95. The predicted molar refractivity (Wildman–Crippen MR) is 113 cm³/mol. The molecule has 10 heteroatoms. The normalized spacial score (nSPS) is 10.7. The summed E-state index contributed by atoms with van der Waals surface area (Å²) >= 11 is 7.43. The molecule has 0 saturated heterocycles. The first-order valence-electron chi connectivity index (χ1n) is 8.61. The van der Waals surface area contributed by atoms with Gasteiger partial charge in [-0.3, -0.25) is 4.79 Å². The van der Waals surface area contributed by atoms with E-state index < -0.39 is 0 Å². The predicted octanol–water partition coefficient (Wildman–Crippen LogP) is 3.68. The topological polar surface area (TPSA) is 91.2 Å². The zero-order valence-corrected chi connectivity index (χ0v) is 18.0. The highest BCUT2D eigenvalue weighted by Gasteiger charge is 2.14. The molecule has 0 fully saturated rings. The van der Waals surface area contributed by atoms with Crippen molar-refractivity contribution >= 4 is 35.0 Å². The number of rotatable bonds is 7. The van der Waals surface area contributed by atoms with Gasteiger partial charge in [0.15, 0.2) is 5.82 Å². The van der Waals surface area contributed by atoms with E-state index in [-0.39, 0.29) is 11.7 Å². The van der Waals surface area contributed by atoms with Crippen molar-refractivity contribution < 1.29 is 14.3 Å². The van der Waals surface area contributed by atoms with Crippen molar-refractivity contribution in [2.45, 2.75) is 18.9 Å². The average molecular weight is 434 g/mol. The minimum Gasteiger partial charge on any atom is -0.495 e. The molecule has 2 aromatic heterocycles. The second-order valence-corrected chi connectivity index (χ2v) is 7.48. The molecule has 0 radical (unpaired) electrons. The Morgan fingerprint density at radius 2 is 1.90 bits per heavy atom. The van der Waals surface area contributed by atoms with Crippen molar-refractivity contribution in [1.82, 2.24) is 19.7 Å². The van der Waals surface area contributed by atoms with E-state index in [1.165, 1.54) is 32.3 Å². The van der Waals surface area contributed by atoms with Crippen molar-refractivity contribution in [3.8, 4) is 17.3 Å². The van der Waals surface area contributed by atoms with Crippen molar-refractivity contribution in [3.63, 3.8) is 0 Å². The molecule has 1 aromatic carbocycles. The van der Waals surface area contributed by atoms with Crippen LogP contribution in [-0.4, -0.2) is 45.6 Å². The monoisotopic (exact) mass is 433 g/mol. The quantitative estimate of drug-likeness (QED) is 0.448. The van der Waals surface area contributed by atoms with E-state index in [1.807, 2.05) is 19.9 Å². The van der Waals surface area contributed by atoms with Gasteiger partial charge in [-0.2, -0.15) is 5.10 Å². The first kappa shape index (κ1) is 20.9. The van der Waals surface area contributed by atoms with Crippen LogP contribution in [0.1, 0.15) is 11.4 Å².